The molecule has 2 aliphatic heterocycles. The Kier molecular flexibility index (Phi) is 4.80. The van der Waals surface area contributed by atoms with Crippen molar-refractivity contribution in [2.24, 2.45) is 5.10 Å². The lowest BCUT2D eigenvalue weighted by atomic mass is 10.3. The minimum Gasteiger partial charge on any atom is -0.378 e. The van der Waals surface area contributed by atoms with E-state index in [2.05, 4.69) is 5.10 Å². The van der Waals surface area contributed by atoms with Crippen molar-refractivity contribution in [1.82, 2.24) is 4.90 Å². The van der Waals surface area contributed by atoms with Crippen LogP contribution in [-0.4, -0.2) is 57.1 Å². The number of benzene rings is 1. The Morgan fingerprint density at radius 1 is 1.33 bits per heavy atom. The highest BCUT2D eigenvalue weighted by molar-refractivity contribution is 8.08. The van der Waals surface area contributed by atoms with Gasteiger partial charge in [0.05, 0.1) is 23.8 Å². The molecule has 2 aliphatic rings. The molecule has 3 rings (SSSR count). The van der Waals surface area contributed by atoms with Crippen LogP contribution in [-0.2, 0) is 19.4 Å². The molecule has 0 radical (unpaired) electrons. The van der Waals surface area contributed by atoms with Gasteiger partial charge in [-0.25, -0.2) is 8.42 Å². The lowest BCUT2D eigenvalue weighted by Crippen LogP contribution is -2.47. The number of sulfone groups is 1. The van der Waals surface area contributed by atoms with Gasteiger partial charge in [-0.1, -0.05) is 18.5 Å². The van der Waals surface area contributed by atoms with Crippen molar-refractivity contribution in [2.45, 2.75) is 18.2 Å². The number of amides is 1. The minimum atomic E-state index is -3.98. The Bertz CT molecular complexity index is 788. The molecule has 2 heterocycles. The van der Waals surface area contributed by atoms with Crippen molar-refractivity contribution in [1.29, 1.82) is 0 Å². The zero-order valence-corrected chi connectivity index (χ0v) is 14.8. The monoisotopic (exact) mass is 371 g/mol. The number of carbonyl (C=O) groups excluding carboxylic acids is 1. The van der Waals surface area contributed by atoms with Crippen molar-refractivity contribution in [2.75, 3.05) is 37.9 Å². The summed E-state index contributed by atoms with van der Waals surface area (Å²) in [5, 5.41) is 5.67. The second-order valence-corrected chi connectivity index (χ2v) is 7.82. The molecule has 0 aromatic heterocycles. The van der Waals surface area contributed by atoms with Gasteiger partial charge < -0.3 is 9.64 Å². The van der Waals surface area contributed by atoms with E-state index in [9.17, 15) is 13.2 Å². The fourth-order valence-corrected chi connectivity index (χ4v) is 4.31. The van der Waals surface area contributed by atoms with Gasteiger partial charge in [-0.3, -0.25) is 9.80 Å². The van der Waals surface area contributed by atoms with Crippen molar-refractivity contribution in [3.63, 3.8) is 0 Å². The fraction of sp³-hybridized carbons (Fsp3) is 0.467. The number of morpholine rings is 1. The molecule has 0 aliphatic carbocycles. The maximum absolute atomic E-state index is 12.9. The summed E-state index contributed by atoms with van der Waals surface area (Å²) in [5.41, 5.74) is 0.405. The van der Waals surface area contributed by atoms with Crippen LogP contribution in [0, 0.1) is 0 Å². The molecular formula is C15H18ClN3O4S. The van der Waals surface area contributed by atoms with E-state index in [1.807, 2.05) is 6.92 Å². The van der Waals surface area contributed by atoms with Crippen LogP contribution in [0.2, 0.25) is 5.02 Å². The quantitative estimate of drug-likeness (QED) is 0.804. The number of hydrogen-bond donors (Lipinski definition) is 0. The summed E-state index contributed by atoms with van der Waals surface area (Å²) in [6.07, 6.45) is 0.745. The van der Waals surface area contributed by atoms with Gasteiger partial charge in [0.15, 0.2) is 0 Å². The van der Waals surface area contributed by atoms with Crippen LogP contribution in [0.3, 0.4) is 0 Å². The van der Waals surface area contributed by atoms with Crippen LogP contribution in [0.5, 0.6) is 0 Å². The van der Waals surface area contributed by atoms with Gasteiger partial charge in [-0.2, -0.15) is 5.10 Å². The molecule has 1 aromatic carbocycles. The summed E-state index contributed by atoms with van der Waals surface area (Å²) in [6, 6.07) is 4.49. The largest absolute Gasteiger partial charge is 0.378 e. The van der Waals surface area contributed by atoms with Gasteiger partial charge in [0.1, 0.15) is 0 Å². The van der Waals surface area contributed by atoms with Gasteiger partial charge in [0.2, 0.25) is 14.9 Å². The van der Waals surface area contributed by atoms with Gasteiger partial charge >= 0.3 is 0 Å². The molecule has 1 amide bonds. The van der Waals surface area contributed by atoms with E-state index < -0.39 is 20.8 Å². The number of hydrazone groups is 1. The third-order valence-corrected chi connectivity index (χ3v) is 5.80. The Morgan fingerprint density at radius 3 is 2.71 bits per heavy atom. The molecular weight excluding hydrogens is 354 g/mol. The summed E-state index contributed by atoms with van der Waals surface area (Å²) in [5.74, 6) is -0.583. The number of anilines is 1. The van der Waals surface area contributed by atoms with Crippen LogP contribution in [0.15, 0.2) is 28.2 Å². The van der Waals surface area contributed by atoms with Gasteiger partial charge in [0, 0.05) is 24.7 Å². The molecule has 130 valence electrons. The van der Waals surface area contributed by atoms with E-state index in [0.29, 0.717) is 43.6 Å². The molecule has 1 aromatic rings. The predicted octanol–water partition coefficient (Wildman–Crippen LogP) is 1.52. The lowest BCUT2D eigenvalue weighted by Gasteiger charge is -2.31. The first-order valence-electron chi connectivity index (χ1n) is 7.73. The van der Waals surface area contributed by atoms with E-state index in [-0.39, 0.29) is 4.90 Å². The fourth-order valence-electron chi connectivity index (χ4n) is 2.68. The zero-order valence-electron chi connectivity index (χ0n) is 13.2. The highest BCUT2D eigenvalue weighted by atomic mass is 35.5. The molecule has 1 saturated heterocycles. The molecule has 9 heteroatoms. The first-order chi connectivity index (χ1) is 11.4. The first kappa shape index (κ1) is 17.2. The molecule has 0 spiro atoms. The van der Waals surface area contributed by atoms with Crippen LogP contribution < -0.4 is 5.01 Å². The van der Waals surface area contributed by atoms with Crippen molar-refractivity contribution in [3.05, 3.63) is 23.2 Å². The van der Waals surface area contributed by atoms with Gasteiger partial charge in [-0.15, -0.1) is 0 Å². The van der Waals surface area contributed by atoms with Crippen LogP contribution in [0.25, 0.3) is 0 Å². The number of nitrogens with zero attached hydrogens (tertiary/aromatic N) is 3. The molecule has 7 nitrogen and oxygen atoms in total. The van der Waals surface area contributed by atoms with E-state index in [1.54, 1.807) is 6.07 Å². The second-order valence-electron chi connectivity index (χ2n) is 5.55. The Hall–Kier alpha value is -1.64. The third kappa shape index (κ3) is 3.01. The van der Waals surface area contributed by atoms with E-state index >= 15 is 0 Å². The number of rotatable bonds is 3. The number of halogens is 1. The smallest absolute Gasteiger partial charge is 0.286 e. The first-order valence-corrected chi connectivity index (χ1v) is 9.59. The van der Waals surface area contributed by atoms with Crippen molar-refractivity contribution < 1.29 is 17.9 Å². The topological polar surface area (TPSA) is 79.3 Å². The highest BCUT2D eigenvalue weighted by Crippen LogP contribution is 2.34. The molecule has 0 unspecified atom stereocenters. The average Bonchev–Trinajstić information content (AvgIpc) is 2.57. The standard InChI is InChI=1S/C15H18ClN3O4S/c1-2-5-19-12-10-11(16)3-4-13(12)24(21,22)14(17-19)15(20)18-6-8-23-9-7-18/h3-4,10H,2,5-9H2,1H3. The zero-order chi connectivity index (χ0) is 17.3. The van der Waals surface area contributed by atoms with Crippen LogP contribution in [0.1, 0.15) is 13.3 Å². The molecule has 0 bridgehead atoms. The number of carbonyl (C=O) groups is 1. The highest BCUT2D eigenvalue weighted by Gasteiger charge is 2.39. The van der Waals surface area contributed by atoms with E-state index in [1.165, 1.54) is 22.0 Å². The maximum atomic E-state index is 12.9. The predicted molar refractivity (Wildman–Crippen MR) is 91.1 cm³/mol. The summed E-state index contributed by atoms with van der Waals surface area (Å²) in [6.45, 7) is 3.94. The normalized spacial score (nSPS) is 19.7. The molecule has 0 saturated carbocycles. The average molecular weight is 372 g/mol. The van der Waals surface area contributed by atoms with Crippen LogP contribution >= 0.6 is 11.6 Å². The third-order valence-electron chi connectivity index (χ3n) is 3.87. The minimum absolute atomic E-state index is 0.0620. The Morgan fingerprint density at radius 2 is 2.04 bits per heavy atom. The molecule has 0 N–H and O–H groups in total. The van der Waals surface area contributed by atoms with Gasteiger partial charge in [0.25, 0.3) is 5.91 Å². The van der Waals surface area contributed by atoms with Gasteiger partial charge in [-0.05, 0) is 24.6 Å². The Labute approximate surface area is 145 Å². The van der Waals surface area contributed by atoms with Crippen molar-refractivity contribution in [3.8, 4) is 0 Å². The van der Waals surface area contributed by atoms with E-state index in [0.717, 1.165) is 6.42 Å². The molecule has 0 atom stereocenters. The van der Waals surface area contributed by atoms with Crippen LogP contribution in [0.4, 0.5) is 5.69 Å². The SMILES string of the molecule is CCCN1N=C(C(=O)N2CCOCC2)S(=O)(=O)c2ccc(Cl)cc21. The number of ether oxygens (including phenoxy) is 1. The van der Waals surface area contributed by atoms with Crippen molar-refractivity contribution >= 4 is 38.1 Å². The van der Waals surface area contributed by atoms with E-state index in [4.69, 9.17) is 16.3 Å². The number of hydrogen-bond acceptors (Lipinski definition) is 6. The summed E-state index contributed by atoms with van der Waals surface area (Å²) >= 11 is 6.00. The second kappa shape index (κ2) is 6.70. The summed E-state index contributed by atoms with van der Waals surface area (Å²) in [4.78, 5) is 14.2. The number of fused-ring (bicyclic) bond motifs is 1. The Balaban J connectivity index is 2.06. The molecule has 24 heavy (non-hydrogen) atoms. The summed E-state index contributed by atoms with van der Waals surface area (Å²) in [7, 11) is -3.98. The lowest BCUT2D eigenvalue weighted by molar-refractivity contribution is -0.127. The molecule has 1 fully saturated rings. The maximum Gasteiger partial charge on any atom is 0.286 e. The summed E-state index contributed by atoms with van der Waals surface area (Å²) < 4.78 is 31.0.